The van der Waals surface area contributed by atoms with Crippen molar-refractivity contribution in [3.8, 4) is 0 Å². The molecule has 0 aromatic carbocycles. The topological polar surface area (TPSA) is 104 Å². The van der Waals surface area contributed by atoms with Gasteiger partial charge in [-0.1, -0.05) is 13.8 Å². The molecule has 9 heteroatoms. The van der Waals surface area contributed by atoms with E-state index >= 15 is 0 Å². The number of amides is 2. The molecule has 1 fully saturated rings. The highest BCUT2D eigenvalue weighted by molar-refractivity contribution is 14.0. The molecule has 0 aromatic rings. The van der Waals surface area contributed by atoms with Crippen molar-refractivity contribution in [2.75, 3.05) is 19.6 Å². The first-order chi connectivity index (χ1) is 13.6. The van der Waals surface area contributed by atoms with Crippen LogP contribution in [-0.2, 0) is 9.53 Å². The summed E-state index contributed by atoms with van der Waals surface area (Å²) in [6.07, 6.45) is 4.53. The number of guanidine groups is 1. The number of hydrogen-bond acceptors (Lipinski definition) is 4. The maximum Gasteiger partial charge on any atom is 0.408 e. The third-order valence-electron chi connectivity index (χ3n) is 4.82. The fraction of sp³-hybridized carbons (Fsp3) is 0.857. The number of rotatable bonds is 11. The van der Waals surface area contributed by atoms with Gasteiger partial charge in [0, 0.05) is 25.6 Å². The van der Waals surface area contributed by atoms with E-state index in [-0.39, 0.29) is 29.9 Å². The summed E-state index contributed by atoms with van der Waals surface area (Å²) in [5.41, 5.74) is -1.00. The molecule has 0 aliphatic heterocycles. The first-order valence-electron chi connectivity index (χ1n) is 11.0. The van der Waals surface area contributed by atoms with Gasteiger partial charge in [0.05, 0.1) is 12.1 Å². The fourth-order valence-electron chi connectivity index (χ4n) is 2.77. The van der Waals surface area contributed by atoms with E-state index in [4.69, 9.17) is 4.74 Å². The Labute approximate surface area is 199 Å². The van der Waals surface area contributed by atoms with Crippen molar-refractivity contribution >= 4 is 41.9 Å². The van der Waals surface area contributed by atoms with Crippen molar-refractivity contribution < 1.29 is 14.3 Å². The number of nitrogens with one attached hydrogen (secondary N) is 4. The molecule has 0 atom stereocenters. The van der Waals surface area contributed by atoms with Crippen LogP contribution in [0.15, 0.2) is 4.99 Å². The van der Waals surface area contributed by atoms with E-state index in [1.165, 1.54) is 0 Å². The Hall–Kier alpha value is -1.26. The molecule has 2 amide bonds. The van der Waals surface area contributed by atoms with Crippen LogP contribution in [-0.4, -0.2) is 54.8 Å². The van der Waals surface area contributed by atoms with Gasteiger partial charge in [-0.05, 0) is 59.8 Å². The zero-order chi connectivity index (χ0) is 21.9. The van der Waals surface area contributed by atoms with Gasteiger partial charge in [0.15, 0.2) is 5.96 Å². The summed E-state index contributed by atoms with van der Waals surface area (Å²) >= 11 is 0. The second kappa shape index (κ2) is 13.9. The summed E-state index contributed by atoms with van der Waals surface area (Å²) in [4.78, 5) is 28.7. The summed E-state index contributed by atoms with van der Waals surface area (Å²) in [6, 6.07) is 0.406. The molecule has 0 spiro atoms. The van der Waals surface area contributed by atoms with E-state index in [1.807, 2.05) is 41.5 Å². The summed E-state index contributed by atoms with van der Waals surface area (Å²) in [6.45, 7) is 13.5. The summed E-state index contributed by atoms with van der Waals surface area (Å²) in [7, 11) is 0. The van der Waals surface area contributed by atoms with Gasteiger partial charge in [0.25, 0.3) is 0 Å². The van der Waals surface area contributed by atoms with E-state index in [0.717, 1.165) is 38.6 Å². The Morgan fingerprint density at radius 3 is 2.20 bits per heavy atom. The second-order valence-electron chi connectivity index (χ2n) is 8.68. The number of hydrogen-bond donors (Lipinski definition) is 4. The third-order valence-corrected chi connectivity index (χ3v) is 4.82. The van der Waals surface area contributed by atoms with E-state index in [9.17, 15) is 9.59 Å². The largest absolute Gasteiger partial charge is 0.444 e. The van der Waals surface area contributed by atoms with Crippen molar-refractivity contribution in [1.29, 1.82) is 0 Å². The number of halogens is 1. The van der Waals surface area contributed by atoms with Gasteiger partial charge in [0.1, 0.15) is 5.60 Å². The molecule has 0 unspecified atom stereocenters. The molecule has 0 bridgehead atoms. The standard InChI is InChI=1S/C21H41N5O3.HI/c1-7-21(8-2,26-19(28)29-20(4,5)6)15-24-18(22-9-3)23-14-10-11-17(27)25-16-12-13-16;/h16H,7-15H2,1-6H3,(H,25,27)(H,26,28)(H2,22,23,24);1H. The maximum atomic E-state index is 12.3. The van der Waals surface area contributed by atoms with Gasteiger partial charge < -0.3 is 26.0 Å². The molecule has 1 rings (SSSR count). The highest BCUT2D eigenvalue weighted by atomic mass is 127. The zero-order valence-corrected chi connectivity index (χ0v) is 21.9. The van der Waals surface area contributed by atoms with Gasteiger partial charge in [0.2, 0.25) is 5.91 Å². The highest BCUT2D eigenvalue weighted by Crippen LogP contribution is 2.19. The Balaban J connectivity index is 0.00000841. The van der Waals surface area contributed by atoms with Crippen LogP contribution in [0.4, 0.5) is 4.79 Å². The number of ether oxygens (including phenoxy) is 1. The molecule has 1 aliphatic rings. The first-order valence-corrected chi connectivity index (χ1v) is 11.0. The van der Waals surface area contributed by atoms with Gasteiger partial charge in [-0.3, -0.25) is 9.79 Å². The molecule has 0 aromatic heterocycles. The van der Waals surface area contributed by atoms with Crippen LogP contribution in [0.1, 0.15) is 80.1 Å². The lowest BCUT2D eigenvalue weighted by Crippen LogP contribution is -2.52. The van der Waals surface area contributed by atoms with E-state index in [1.54, 1.807) is 0 Å². The van der Waals surface area contributed by atoms with E-state index in [0.29, 0.717) is 31.5 Å². The molecule has 30 heavy (non-hydrogen) atoms. The predicted octanol–water partition coefficient (Wildman–Crippen LogP) is 3.30. The van der Waals surface area contributed by atoms with Gasteiger partial charge in [-0.15, -0.1) is 24.0 Å². The van der Waals surface area contributed by atoms with Crippen LogP contribution in [0.2, 0.25) is 0 Å². The Morgan fingerprint density at radius 2 is 1.70 bits per heavy atom. The minimum Gasteiger partial charge on any atom is -0.444 e. The molecule has 0 radical (unpaired) electrons. The molecule has 176 valence electrons. The summed E-state index contributed by atoms with van der Waals surface area (Å²) in [5, 5.41) is 12.5. The van der Waals surface area contributed by atoms with Crippen LogP contribution in [0, 0.1) is 0 Å². The summed E-state index contributed by atoms with van der Waals surface area (Å²) < 4.78 is 5.42. The minimum absolute atomic E-state index is 0. The fourth-order valence-corrected chi connectivity index (χ4v) is 2.77. The monoisotopic (exact) mass is 539 g/mol. The molecule has 4 N–H and O–H groups in total. The highest BCUT2D eigenvalue weighted by Gasteiger charge is 2.30. The number of carbonyl (C=O) groups is 2. The lowest BCUT2D eigenvalue weighted by atomic mass is 9.93. The first kappa shape index (κ1) is 28.7. The number of carbonyl (C=O) groups excluding carboxylic acids is 2. The molecular formula is C21H42IN5O3. The van der Waals surface area contributed by atoms with E-state index < -0.39 is 17.2 Å². The average Bonchev–Trinajstić information content (AvgIpc) is 3.44. The van der Waals surface area contributed by atoms with Crippen molar-refractivity contribution in [2.24, 2.45) is 4.99 Å². The van der Waals surface area contributed by atoms with Crippen molar-refractivity contribution in [1.82, 2.24) is 21.3 Å². The molecular weight excluding hydrogens is 497 g/mol. The lowest BCUT2D eigenvalue weighted by molar-refractivity contribution is -0.121. The van der Waals surface area contributed by atoms with Crippen molar-refractivity contribution in [3.05, 3.63) is 0 Å². The number of aliphatic imine (C=N–C) groups is 1. The second-order valence-corrected chi connectivity index (χ2v) is 8.68. The lowest BCUT2D eigenvalue weighted by Gasteiger charge is -2.32. The normalized spacial score (nSPS) is 14.4. The Kier molecular flexibility index (Phi) is 13.3. The van der Waals surface area contributed by atoms with Crippen LogP contribution in [0.5, 0.6) is 0 Å². The molecule has 8 nitrogen and oxygen atoms in total. The van der Waals surface area contributed by atoms with Crippen LogP contribution in [0.25, 0.3) is 0 Å². The predicted molar refractivity (Wildman–Crippen MR) is 132 cm³/mol. The molecule has 0 heterocycles. The van der Waals surface area contributed by atoms with Gasteiger partial charge in [-0.25, -0.2) is 4.79 Å². The van der Waals surface area contributed by atoms with Crippen LogP contribution >= 0.6 is 24.0 Å². The van der Waals surface area contributed by atoms with Gasteiger partial charge >= 0.3 is 6.09 Å². The number of nitrogens with zero attached hydrogens (tertiary/aromatic N) is 1. The average molecular weight is 540 g/mol. The maximum absolute atomic E-state index is 12.3. The minimum atomic E-state index is -0.539. The van der Waals surface area contributed by atoms with Crippen molar-refractivity contribution in [3.63, 3.8) is 0 Å². The molecule has 0 saturated heterocycles. The molecule has 1 aliphatic carbocycles. The number of alkyl carbamates (subject to hydrolysis) is 1. The van der Waals surface area contributed by atoms with Crippen molar-refractivity contribution in [2.45, 2.75) is 97.2 Å². The quantitative estimate of drug-likeness (QED) is 0.140. The molecule has 1 saturated carbocycles. The van der Waals surface area contributed by atoms with Gasteiger partial charge in [-0.2, -0.15) is 0 Å². The SMILES string of the molecule is CCNC(=NCC(CC)(CC)NC(=O)OC(C)(C)C)NCCCC(=O)NC1CC1.I. The Morgan fingerprint density at radius 1 is 1.07 bits per heavy atom. The zero-order valence-electron chi connectivity index (χ0n) is 19.5. The van der Waals surface area contributed by atoms with Crippen LogP contribution in [0.3, 0.4) is 0 Å². The smallest absolute Gasteiger partial charge is 0.408 e. The van der Waals surface area contributed by atoms with Crippen LogP contribution < -0.4 is 21.3 Å². The Bertz CT molecular complexity index is 555. The third kappa shape index (κ3) is 12.4. The van der Waals surface area contributed by atoms with E-state index in [2.05, 4.69) is 26.3 Å². The summed E-state index contributed by atoms with van der Waals surface area (Å²) in [5.74, 6) is 0.807.